The summed E-state index contributed by atoms with van der Waals surface area (Å²) in [6, 6.07) is 30.3. The zero-order chi connectivity index (χ0) is 45.3. The van der Waals surface area contributed by atoms with Crippen molar-refractivity contribution >= 4 is 58.0 Å². The van der Waals surface area contributed by atoms with E-state index in [-0.39, 0.29) is 47.8 Å². The van der Waals surface area contributed by atoms with Gasteiger partial charge in [0.15, 0.2) is 11.5 Å². The maximum Gasteiger partial charge on any atom is 0.425 e. The highest BCUT2D eigenvalue weighted by molar-refractivity contribution is 7.81. The summed E-state index contributed by atoms with van der Waals surface area (Å²) in [5.41, 5.74) is 10.9. The summed E-state index contributed by atoms with van der Waals surface area (Å²) >= 11 is 4.61. The van der Waals surface area contributed by atoms with E-state index in [0.717, 1.165) is 89.0 Å². The lowest BCUT2D eigenvalue weighted by molar-refractivity contribution is -0.116. The van der Waals surface area contributed by atoms with Crippen molar-refractivity contribution < 1.29 is 41.2 Å². The van der Waals surface area contributed by atoms with Crippen molar-refractivity contribution in [1.82, 2.24) is 0 Å². The summed E-state index contributed by atoms with van der Waals surface area (Å²) in [7, 11) is -1.52. The van der Waals surface area contributed by atoms with Gasteiger partial charge in [-0.3, -0.25) is 14.4 Å². The average Bonchev–Trinajstić information content (AvgIpc) is 3.75. The smallest absolute Gasteiger partial charge is 0.425 e. The summed E-state index contributed by atoms with van der Waals surface area (Å²) in [6.45, 7) is 6.39. The number of carbonyl (C=O) groups is 3. The van der Waals surface area contributed by atoms with E-state index in [1.54, 1.807) is 7.11 Å². The number of ether oxygens (including phenoxy) is 3. The first kappa shape index (κ1) is 44.5. The van der Waals surface area contributed by atoms with Crippen LogP contribution >= 0.6 is 12.6 Å². The van der Waals surface area contributed by atoms with Crippen molar-refractivity contribution in [3.05, 3.63) is 141 Å². The number of nitrogens with one attached hydrogen (secondary N) is 1. The average molecular weight is 902 g/mol. The summed E-state index contributed by atoms with van der Waals surface area (Å²) in [4.78, 5) is 45.1. The highest BCUT2D eigenvalue weighted by Crippen LogP contribution is 2.42. The van der Waals surface area contributed by atoms with Crippen LogP contribution < -0.4 is 29.3 Å². The molecule has 0 aliphatic carbocycles. The Labute approximate surface area is 380 Å². The van der Waals surface area contributed by atoms with Crippen molar-refractivity contribution in [1.29, 1.82) is 0 Å². The van der Waals surface area contributed by atoms with E-state index in [2.05, 4.69) is 30.1 Å². The van der Waals surface area contributed by atoms with Gasteiger partial charge in [-0.2, -0.15) is 12.6 Å². The Morgan fingerprint density at radius 3 is 1.75 bits per heavy atom. The summed E-state index contributed by atoms with van der Waals surface area (Å²) in [6.07, 6.45) is 5.93. The maximum atomic E-state index is 14.0. The topological polar surface area (TPSA) is 149 Å². The largest absolute Gasteiger partial charge is 0.493 e. The minimum atomic E-state index is -3.11. The number of carbonyl (C=O) groups excluding carboxylic acids is 3. The molecule has 1 N–H and O–H groups in total. The molecule has 0 aromatic heterocycles. The molecular weight excluding hydrogens is 851 g/mol. The van der Waals surface area contributed by atoms with Crippen molar-refractivity contribution in [3.63, 3.8) is 0 Å². The first-order chi connectivity index (χ1) is 30.6. The lowest BCUT2D eigenvalue weighted by Gasteiger charge is -2.23. The van der Waals surface area contributed by atoms with Gasteiger partial charge in [0, 0.05) is 51.4 Å². The predicted molar refractivity (Wildman–Crippen MR) is 248 cm³/mol. The first-order valence-corrected chi connectivity index (χ1v) is 22.9. The summed E-state index contributed by atoms with van der Waals surface area (Å²) < 4.78 is 43.9. The molecule has 9 rings (SSSR count). The second-order valence-electron chi connectivity index (χ2n) is 17.5. The van der Waals surface area contributed by atoms with Gasteiger partial charge in [0.05, 0.1) is 7.11 Å². The number of methoxy groups -OCH3 is 1. The van der Waals surface area contributed by atoms with E-state index in [0.29, 0.717) is 35.6 Å². The molecule has 0 saturated heterocycles. The molecule has 332 valence electrons. The molecule has 3 amide bonds. The molecule has 64 heavy (non-hydrogen) atoms. The number of para-hydroxylation sites is 2. The van der Waals surface area contributed by atoms with Crippen LogP contribution in [0.25, 0.3) is 0 Å². The third-order valence-corrected chi connectivity index (χ3v) is 12.6. The SMILES string of the molecule is COc1cc2c(cc1OCc1cc(COc3cc4c(cc3C)C(=O)N3c5ccccc5C[C@H]3CC4)cc(NC(=O)CCC(C)(C)S)c1)CC[C@@H]1Cc3ccccc3N1C2=O.O=S(=O)=O. The van der Waals surface area contributed by atoms with Crippen molar-refractivity contribution in [2.24, 2.45) is 0 Å². The Morgan fingerprint density at radius 1 is 0.719 bits per heavy atom. The zero-order valence-electron chi connectivity index (χ0n) is 36.3. The fourth-order valence-corrected chi connectivity index (χ4v) is 9.49. The molecule has 0 spiro atoms. The molecule has 2 atom stereocenters. The minimum absolute atomic E-state index is 0.0147. The van der Waals surface area contributed by atoms with Gasteiger partial charge in [-0.1, -0.05) is 50.2 Å². The number of benzene rings is 5. The van der Waals surface area contributed by atoms with Gasteiger partial charge in [-0.25, -0.2) is 0 Å². The molecule has 14 heteroatoms. The van der Waals surface area contributed by atoms with Crippen molar-refractivity contribution in [3.8, 4) is 17.2 Å². The Balaban J connectivity index is 0.00000135. The second kappa shape index (κ2) is 18.5. The molecule has 4 heterocycles. The van der Waals surface area contributed by atoms with Gasteiger partial charge in [0.25, 0.3) is 11.8 Å². The van der Waals surface area contributed by atoms with Gasteiger partial charge >= 0.3 is 10.6 Å². The summed E-state index contributed by atoms with van der Waals surface area (Å²) in [5, 5.41) is 3.09. The van der Waals surface area contributed by atoms with Crippen LogP contribution in [0, 0.1) is 6.92 Å². The predicted octanol–water partition coefficient (Wildman–Crippen LogP) is 8.62. The molecule has 5 aromatic carbocycles. The van der Waals surface area contributed by atoms with Crippen LogP contribution in [0.15, 0.2) is 91.0 Å². The minimum Gasteiger partial charge on any atom is -0.493 e. The first-order valence-electron chi connectivity index (χ1n) is 21.5. The fourth-order valence-electron chi connectivity index (χ4n) is 9.38. The molecule has 0 fully saturated rings. The number of thiol groups is 1. The van der Waals surface area contributed by atoms with Gasteiger partial charge in [0.1, 0.15) is 19.0 Å². The van der Waals surface area contributed by atoms with Gasteiger partial charge < -0.3 is 29.3 Å². The Bertz CT molecular complexity index is 2760. The molecule has 12 nitrogen and oxygen atoms in total. The lowest BCUT2D eigenvalue weighted by atomic mass is 9.98. The quantitative estimate of drug-likeness (QED) is 0.124. The molecule has 4 aliphatic rings. The van der Waals surface area contributed by atoms with E-state index >= 15 is 0 Å². The van der Waals surface area contributed by atoms with E-state index in [9.17, 15) is 14.4 Å². The van der Waals surface area contributed by atoms with Crippen LogP contribution in [0.1, 0.15) is 99.2 Å². The Kier molecular flexibility index (Phi) is 12.9. The number of aryl methyl sites for hydroxylation is 3. The van der Waals surface area contributed by atoms with Crippen LogP contribution in [-0.2, 0) is 54.3 Å². The van der Waals surface area contributed by atoms with E-state index in [1.807, 2.05) is 109 Å². The normalized spacial score (nSPS) is 17.0. The van der Waals surface area contributed by atoms with E-state index < -0.39 is 10.6 Å². The van der Waals surface area contributed by atoms with Gasteiger partial charge in [-0.15, -0.1) is 12.6 Å². The van der Waals surface area contributed by atoms with Gasteiger partial charge in [0.2, 0.25) is 5.91 Å². The number of fused-ring (bicyclic) bond motifs is 8. The molecule has 4 aliphatic heterocycles. The third-order valence-electron chi connectivity index (χ3n) is 12.4. The molecule has 0 unspecified atom stereocenters. The highest BCUT2D eigenvalue weighted by Gasteiger charge is 2.39. The Hall–Kier alpha value is -6.12. The van der Waals surface area contributed by atoms with E-state index in [4.69, 9.17) is 26.8 Å². The number of nitrogens with zero attached hydrogens (tertiary/aromatic N) is 2. The zero-order valence-corrected chi connectivity index (χ0v) is 38.0. The van der Waals surface area contributed by atoms with Crippen LogP contribution in [0.4, 0.5) is 17.1 Å². The summed E-state index contributed by atoms with van der Waals surface area (Å²) in [5.74, 6) is 1.69. The van der Waals surface area contributed by atoms with E-state index in [1.165, 1.54) is 11.1 Å². The molecule has 0 saturated carbocycles. The number of rotatable bonds is 11. The number of anilines is 3. The third kappa shape index (κ3) is 9.68. The Morgan fingerprint density at radius 2 is 1.22 bits per heavy atom. The molecular formula is C50H51N3O9S2. The maximum absolute atomic E-state index is 14.0. The fraction of sp³-hybridized carbons (Fsp3) is 0.340. The van der Waals surface area contributed by atoms with Crippen molar-refractivity contribution in [2.75, 3.05) is 22.2 Å². The van der Waals surface area contributed by atoms with Gasteiger partial charge in [-0.05, 0) is 145 Å². The standard InChI is InChI=1S/C50H51N3O6S.O3S/c1-30-19-40-33(13-15-38-23-35-9-5-7-11-42(35)52(38)48(40)55)25-44(30)58-28-31-20-32(22-37(21-31)51-47(54)17-18-50(2,3)60)29-59-46-26-34-14-16-39-24-36-10-6-8-12-43(36)53(39)49(56)41(34)27-45(46)57-4;1-4(2)3/h5-12,19-22,25-27,38-39,60H,13-18,23-24,28-29H2,1-4H3,(H,51,54);/t38-,39-;/m1./s1. The van der Waals surface area contributed by atoms with Crippen LogP contribution in [0.2, 0.25) is 0 Å². The molecule has 0 radical (unpaired) electrons. The second-order valence-corrected chi connectivity index (χ2v) is 19.1. The monoisotopic (exact) mass is 901 g/mol. The molecule has 0 bridgehead atoms. The number of amides is 3. The van der Waals surface area contributed by atoms with Crippen LogP contribution in [0.5, 0.6) is 17.2 Å². The highest BCUT2D eigenvalue weighted by atomic mass is 32.2. The van der Waals surface area contributed by atoms with Crippen LogP contribution in [0.3, 0.4) is 0 Å². The van der Waals surface area contributed by atoms with Crippen LogP contribution in [-0.4, -0.2) is 54.3 Å². The molecule has 5 aromatic rings. The number of hydrogen-bond acceptors (Lipinski definition) is 10. The lowest BCUT2D eigenvalue weighted by Crippen LogP contribution is -2.36. The van der Waals surface area contributed by atoms with Crippen molar-refractivity contribution in [2.45, 2.75) is 102 Å². The number of hydrogen-bond donors (Lipinski definition) is 2.